The van der Waals surface area contributed by atoms with Gasteiger partial charge in [0.15, 0.2) is 11.5 Å². The number of hydrogen-bond donors (Lipinski definition) is 3. The highest BCUT2D eigenvalue weighted by Gasteiger charge is 2.25. The average Bonchev–Trinajstić information content (AvgIpc) is 3.04. The molecule has 1 amide bonds. The summed E-state index contributed by atoms with van der Waals surface area (Å²) in [5.41, 5.74) is -1.45. The fourth-order valence-corrected chi connectivity index (χ4v) is 2.34. The van der Waals surface area contributed by atoms with Crippen LogP contribution >= 0.6 is 11.3 Å². The Morgan fingerprint density at radius 3 is 2.90 bits per heavy atom. The second kappa shape index (κ2) is 6.06. The molecule has 0 spiro atoms. The lowest BCUT2D eigenvalue weighted by atomic mass is 10.0. The Hall–Kier alpha value is -2.19. The van der Waals surface area contributed by atoms with Gasteiger partial charge < -0.3 is 20.1 Å². The van der Waals surface area contributed by atoms with E-state index in [4.69, 9.17) is 9.63 Å². The van der Waals surface area contributed by atoms with E-state index in [1.54, 1.807) is 0 Å². The Morgan fingerprint density at radius 2 is 2.29 bits per heavy atom. The highest BCUT2D eigenvalue weighted by atomic mass is 32.1. The van der Waals surface area contributed by atoms with Crippen LogP contribution in [-0.4, -0.2) is 39.4 Å². The number of nitrogens with one attached hydrogen (secondary N) is 1. The molecule has 0 aliphatic heterocycles. The van der Waals surface area contributed by atoms with Gasteiger partial charge in [-0.3, -0.25) is 9.59 Å². The zero-order chi connectivity index (χ0) is 15.5. The van der Waals surface area contributed by atoms with Crippen LogP contribution in [0.15, 0.2) is 28.1 Å². The van der Waals surface area contributed by atoms with Crippen LogP contribution in [0.2, 0.25) is 0 Å². The highest BCUT2D eigenvalue weighted by molar-refractivity contribution is 7.13. The summed E-state index contributed by atoms with van der Waals surface area (Å²) in [6.45, 7) is 1.14. The van der Waals surface area contributed by atoms with Gasteiger partial charge in [0.1, 0.15) is 0 Å². The first-order chi connectivity index (χ1) is 9.87. The molecule has 2 aromatic heterocycles. The summed E-state index contributed by atoms with van der Waals surface area (Å²) < 4.78 is 5.07. The van der Waals surface area contributed by atoms with E-state index < -0.39 is 23.9 Å². The van der Waals surface area contributed by atoms with Gasteiger partial charge in [-0.2, -0.15) is 0 Å². The van der Waals surface area contributed by atoms with E-state index in [-0.39, 0.29) is 12.2 Å². The quantitative estimate of drug-likeness (QED) is 0.742. The minimum atomic E-state index is -1.53. The van der Waals surface area contributed by atoms with Crippen molar-refractivity contribution in [3.63, 3.8) is 0 Å². The van der Waals surface area contributed by atoms with Gasteiger partial charge in [-0.15, -0.1) is 11.3 Å². The number of amides is 1. The van der Waals surface area contributed by atoms with Crippen LogP contribution < -0.4 is 5.32 Å². The average molecular weight is 310 g/mol. The first-order valence-electron chi connectivity index (χ1n) is 6.10. The Labute approximate surface area is 124 Å². The molecule has 1 atom stereocenters. The SMILES string of the molecule is CC(O)(CNC(=O)c1cc(-c2cccs2)on1)CC(=O)O. The fourth-order valence-electron chi connectivity index (χ4n) is 1.67. The van der Waals surface area contributed by atoms with Gasteiger partial charge in [0, 0.05) is 12.6 Å². The molecule has 21 heavy (non-hydrogen) atoms. The number of aliphatic carboxylic acids is 1. The molecule has 2 rings (SSSR count). The van der Waals surface area contributed by atoms with E-state index in [0.29, 0.717) is 5.76 Å². The fraction of sp³-hybridized carbons (Fsp3) is 0.308. The van der Waals surface area contributed by atoms with E-state index in [1.807, 2.05) is 17.5 Å². The van der Waals surface area contributed by atoms with Crippen molar-refractivity contribution < 1.29 is 24.3 Å². The number of carbonyl (C=O) groups is 2. The molecule has 1 unspecified atom stereocenters. The summed E-state index contributed by atoms with van der Waals surface area (Å²) in [5.74, 6) is -1.20. The van der Waals surface area contributed by atoms with Gasteiger partial charge in [0.25, 0.3) is 5.91 Å². The molecule has 8 heteroatoms. The minimum absolute atomic E-state index is 0.0736. The predicted molar refractivity (Wildman–Crippen MR) is 75.0 cm³/mol. The summed E-state index contributed by atoms with van der Waals surface area (Å²) in [5, 5.41) is 26.4. The number of thiophene rings is 1. The van der Waals surface area contributed by atoms with Crippen molar-refractivity contribution in [2.45, 2.75) is 18.9 Å². The van der Waals surface area contributed by atoms with Crippen molar-refractivity contribution in [2.75, 3.05) is 6.54 Å². The van der Waals surface area contributed by atoms with Crippen LogP contribution in [0.3, 0.4) is 0 Å². The maximum absolute atomic E-state index is 11.9. The molecule has 0 aromatic carbocycles. The number of rotatable bonds is 6. The van der Waals surface area contributed by atoms with Crippen molar-refractivity contribution in [1.29, 1.82) is 0 Å². The largest absolute Gasteiger partial charge is 0.481 e. The second-order valence-electron chi connectivity index (χ2n) is 4.80. The topological polar surface area (TPSA) is 113 Å². The molecule has 7 nitrogen and oxygen atoms in total. The molecule has 0 saturated carbocycles. The minimum Gasteiger partial charge on any atom is -0.481 e. The van der Waals surface area contributed by atoms with Gasteiger partial charge in [-0.25, -0.2) is 0 Å². The normalized spacial score (nSPS) is 13.6. The lowest BCUT2D eigenvalue weighted by Crippen LogP contribution is -2.42. The van der Waals surface area contributed by atoms with Crippen LogP contribution in [0.5, 0.6) is 0 Å². The first kappa shape index (κ1) is 15.2. The number of carbonyl (C=O) groups excluding carboxylic acids is 1. The number of aliphatic hydroxyl groups is 1. The van der Waals surface area contributed by atoms with Crippen molar-refractivity contribution in [3.8, 4) is 10.6 Å². The molecule has 0 fully saturated rings. The predicted octanol–water partition coefficient (Wildman–Crippen LogP) is 1.36. The lowest BCUT2D eigenvalue weighted by molar-refractivity contribution is -0.141. The van der Waals surface area contributed by atoms with Crippen LogP contribution in [0.25, 0.3) is 10.6 Å². The summed E-state index contributed by atoms with van der Waals surface area (Å²) in [7, 11) is 0. The third-order valence-electron chi connectivity index (χ3n) is 2.67. The van der Waals surface area contributed by atoms with Gasteiger partial charge >= 0.3 is 5.97 Å². The Balaban J connectivity index is 1.97. The van der Waals surface area contributed by atoms with Gasteiger partial charge in [0.2, 0.25) is 0 Å². The van der Waals surface area contributed by atoms with E-state index in [0.717, 1.165) is 4.88 Å². The van der Waals surface area contributed by atoms with Crippen LogP contribution in [0, 0.1) is 0 Å². The van der Waals surface area contributed by atoms with Gasteiger partial charge in [-0.1, -0.05) is 11.2 Å². The highest BCUT2D eigenvalue weighted by Crippen LogP contribution is 2.25. The Bertz CT molecular complexity index is 633. The molecule has 0 bridgehead atoms. The number of carboxylic acid groups (broad SMARTS) is 1. The summed E-state index contributed by atoms with van der Waals surface area (Å²) in [6, 6.07) is 5.18. The number of nitrogens with zero attached hydrogens (tertiary/aromatic N) is 1. The van der Waals surface area contributed by atoms with Crippen LogP contribution in [0.1, 0.15) is 23.8 Å². The second-order valence-corrected chi connectivity index (χ2v) is 5.75. The van der Waals surface area contributed by atoms with E-state index in [2.05, 4.69) is 10.5 Å². The molecule has 112 valence electrons. The van der Waals surface area contributed by atoms with Crippen molar-refractivity contribution in [1.82, 2.24) is 10.5 Å². The van der Waals surface area contributed by atoms with Crippen molar-refractivity contribution in [2.24, 2.45) is 0 Å². The van der Waals surface area contributed by atoms with E-state index in [9.17, 15) is 14.7 Å². The van der Waals surface area contributed by atoms with Crippen LogP contribution in [-0.2, 0) is 4.79 Å². The zero-order valence-corrected chi connectivity index (χ0v) is 12.0. The Kier molecular flexibility index (Phi) is 4.39. The molecular weight excluding hydrogens is 296 g/mol. The molecule has 0 saturated heterocycles. The van der Waals surface area contributed by atoms with Crippen molar-refractivity contribution in [3.05, 3.63) is 29.3 Å². The third-order valence-corrected chi connectivity index (χ3v) is 3.55. The standard InChI is InChI=1S/C13H14N2O5S/c1-13(19,6-11(16)17)7-14-12(18)8-5-9(20-15-8)10-3-2-4-21-10/h2-5,19H,6-7H2,1H3,(H,14,18)(H,16,17). The monoisotopic (exact) mass is 310 g/mol. The Morgan fingerprint density at radius 1 is 1.52 bits per heavy atom. The molecule has 3 N–H and O–H groups in total. The van der Waals surface area contributed by atoms with Crippen molar-refractivity contribution >= 4 is 23.2 Å². The summed E-state index contributed by atoms with van der Waals surface area (Å²) in [6.07, 6.45) is -0.466. The number of carboxylic acids is 1. The molecule has 2 aromatic rings. The van der Waals surface area contributed by atoms with Crippen LogP contribution in [0.4, 0.5) is 0 Å². The smallest absolute Gasteiger partial charge is 0.306 e. The lowest BCUT2D eigenvalue weighted by Gasteiger charge is -2.20. The first-order valence-corrected chi connectivity index (χ1v) is 6.98. The van der Waals surface area contributed by atoms with E-state index in [1.165, 1.54) is 24.3 Å². The summed E-state index contributed by atoms with van der Waals surface area (Å²) in [4.78, 5) is 23.3. The molecular formula is C13H14N2O5S. The zero-order valence-electron chi connectivity index (χ0n) is 11.2. The van der Waals surface area contributed by atoms with Gasteiger partial charge in [0.05, 0.1) is 16.9 Å². The molecule has 0 aliphatic rings. The summed E-state index contributed by atoms with van der Waals surface area (Å²) >= 11 is 1.45. The molecule has 0 aliphatic carbocycles. The maximum Gasteiger partial charge on any atom is 0.306 e. The third kappa shape index (κ3) is 4.14. The van der Waals surface area contributed by atoms with E-state index >= 15 is 0 Å². The number of hydrogen-bond acceptors (Lipinski definition) is 6. The molecule has 0 radical (unpaired) electrons. The number of aromatic nitrogens is 1. The maximum atomic E-state index is 11.9. The molecule has 2 heterocycles. The van der Waals surface area contributed by atoms with Gasteiger partial charge in [-0.05, 0) is 18.4 Å².